The third-order valence-corrected chi connectivity index (χ3v) is 6.80. The molecule has 6 nitrogen and oxygen atoms in total. The quantitative estimate of drug-likeness (QED) is 0.820. The van der Waals surface area contributed by atoms with Crippen LogP contribution in [-0.2, 0) is 26.1 Å². The Morgan fingerprint density at radius 2 is 2.00 bits per heavy atom. The number of piperidine rings is 1. The van der Waals surface area contributed by atoms with E-state index >= 15 is 0 Å². The van der Waals surface area contributed by atoms with E-state index in [0.717, 1.165) is 30.7 Å². The zero-order valence-electron chi connectivity index (χ0n) is 15.5. The zero-order valence-corrected chi connectivity index (χ0v) is 15.5. The van der Waals surface area contributed by atoms with Crippen molar-refractivity contribution in [1.29, 1.82) is 0 Å². The molecule has 1 aromatic rings. The number of rotatable bonds is 3. The minimum Gasteiger partial charge on any atom is -0.493 e. The van der Waals surface area contributed by atoms with Crippen LogP contribution in [0, 0.1) is 5.92 Å². The Labute approximate surface area is 152 Å². The van der Waals surface area contributed by atoms with E-state index in [1.807, 2.05) is 6.07 Å². The van der Waals surface area contributed by atoms with Crippen LogP contribution in [0.2, 0.25) is 0 Å². The maximum absolute atomic E-state index is 13.5. The fourth-order valence-corrected chi connectivity index (χ4v) is 5.75. The molecule has 4 atom stereocenters. The summed E-state index contributed by atoms with van der Waals surface area (Å²) in [5.41, 5.74) is 1.99. The predicted molar refractivity (Wildman–Crippen MR) is 93.4 cm³/mol. The summed E-state index contributed by atoms with van der Waals surface area (Å²) < 4.78 is 23.2. The van der Waals surface area contributed by atoms with E-state index in [1.54, 1.807) is 14.2 Å². The van der Waals surface area contributed by atoms with Crippen molar-refractivity contribution in [3.8, 4) is 11.5 Å². The van der Waals surface area contributed by atoms with Crippen LogP contribution in [0.15, 0.2) is 23.7 Å². The third kappa shape index (κ3) is 1.60. The molecule has 0 aromatic heterocycles. The van der Waals surface area contributed by atoms with Crippen LogP contribution >= 0.6 is 0 Å². The van der Waals surface area contributed by atoms with Gasteiger partial charge < -0.3 is 23.8 Å². The molecule has 0 unspecified atom stereocenters. The highest BCUT2D eigenvalue weighted by Crippen LogP contribution is 2.63. The highest BCUT2D eigenvalue weighted by atomic mass is 16.6. The number of ketones is 1. The molecule has 4 aliphatic rings. The molecule has 0 amide bonds. The Morgan fingerprint density at radius 1 is 1.19 bits per heavy atom. The second-order valence-corrected chi connectivity index (χ2v) is 7.61. The minimum atomic E-state index is -0.404. The van der Waals surface area contributed by atoms with Crippen molar-refractivity contribution in [3.05, 3.63) is 34.8 Å². The van der Waals surface area contributed by atoms with E-state index in [9.17, 15) is 4.79 Å². The van der Waals surface area contributed by atoms with Crippen molar-refractivity contribution in [3.63, 3.8) is 0 Å². The van der Waals surface area contributed by atoms with Gasteiger partial charge in [0, 0.05) is 11.6 Å². The van der Waals surface area contributed by atoms with Crippen LogP contribution in [0.1, 0.15) is 17.5 Å². The summed E-state index contributed by atoms with van der Waals surface area (Å²) in [5, 5.41) is 0. The molecule has 1 aromatic carbocycles. The highest BCUT2D eigenvalue weighted by molar-refractivity contribution is 6.00. The van der Waals surface area contributed by atoms with Crippen molar-refractivity contribution < 1.29 is 23.7 Å². The maximum Gasteiger partial charge on any atom is 0.206 e. The fraction of sp³-hybridized carbons (Fsp3) is 0.550. The Morgan fingerprint density at radius 3 is 2.69 bits per heavy atom. The average molecular weight is 357 g/mol. The number of likely N-dealkylation sites (tertiary alicyclic amines) is 1. The number of hydrogen-bond donors (Lipinski definition) is 0. The zero-order chi connectivity index (χ0) is 18.2. The lowest BCUT2D eigenvalue weighted by Crippen LogP contribution is -2.66. The Balaban J connectivity index is 1.85. The number of methoxy groups -OCH3 is 3. The standard InChI is InChI=1S/C20H23NO5/c1-21-8-7-20-13-10-5-6-12(23-2)16(13)26-19(20)18(25-4)17(24-3)15(22)14(20)11(21)9-10/h5-6,11,14,19H,7-9H2,1-4H3/t11-,14-,19+,20-/m0/s1. The van der Waals surface area contributed by atoms with Crippen LogP contribution < -0.4 is 9.47 Å². The number of likely N-dealkylation sites (N-methyl/N-ethyl adjacent to an activating group) is 1. The number of carbonyl (C=O) groups is 1. The first kappa shape index (κ1) is 16.0. The van der Waals surface area contributed by atoms with Crippen LogP contribution in [0.3, 0.4) is 0 Å². The van der Waals surface area contributed by atoms with Crippen molar-refractivity contribution in [2.24, 2.45) is 5.92 Å². The lowest BCUT2D eigenvalue weighted by atomic mass is 9.52. The van der Waals surface area contributed by atoms with Gasteiger partial charge in [-0.05, 0) is 38.1 Å². The summed E-state index contributed by atoms with van der Waals surface area (Å²) in [7, 11) is 6.86. The monoisotopic (exact) mass is 357 g/mol. The number of hydrogen-bond acceptors (Lipinski definition) is 6. The number of ether oxygens (including phenoxy) is 4. The molecule has 138 valence electrons. The van der Waals surface area contributed by atoms with Gasteiger partial charge in [0.05, 0.1) is 32.7 Å². The van der Waals surface area contributed by atoms with Gasteiger partial charge in [-0.2, -0.15) is 0 Å². The molecule has 0 saturated carbocycles. The summed E-state index contributed by atoms with van der Waals surface area (Å²) in [6.45, 7) is 0.920. The summed E-state index contributed by atoms with van der Waals surface area (Å²) in [6.07, 6.45) is 1.32. The molecule has 6 heteroatoms. The van der Waals surface area contributed by atoms with Gasteiger partial charge >= 0.3 is 0 Å². The van der Waals surface area contributed by atoms with Gasteiger partial charge in [-0.15, -0.1) is 0 Å². The Bertz CT molecular complexity index is 847. The molecule has 1 spiro atoms. The number of allylic oxidation sites excluding steroid dienone is 1. The average Bonchev–Trinajstić information content (AvgIpc) is 2.99. The molecule has 0 radical (unpaired) electrons. The second kappa shape index (κ2) is 5.16. The molecular formula is C20H23NO5. The largest absolute Gasteiger partial charge is 0.493 e. The van der Waals surface area contributed by atoms with Gasteiger partial charge in [-0.25, -0.2) is 0 Å². The summed E-state index contributed by atoms with van der Waals surface area (Å²) in [4.78, 5) is 15.8. The van der Waals surface area contributed by atoms with Gasteiger partial charge in [-0.1, -0.05) is 6.07 Å². The molecule has 2 bridgehead atoms. The van der Waals surface area contributed by atoms with Crippen LogP contribution in [0.25, 0.3) is 0 Å². The molecule has 26 heavy (non-hydrogen) atoms. The lowest BCUT2D eigenvalue weighted by molar-refractivity contribution is -0.137. The van der Waals surface area contributed by atoms with E-state index in [2.05, 4.69) is 18.0 Å². The van der Waals surface area contributed by atoms with Crippen LogP contribution in [-0.4, -0.2) is 57.8 Å². The van der Waals surface area contributed by atoms with Gasteiger partial charge in [0.15, 0.2) is 23.4 Å². The Kier molecular flexibility index (Phi) is 3.18. The predicted octanol–water partition coefficient (Wildman–Crippen LogP) is 1.66. The van der Waals surface area contributed by atoms with Gasteiger partial charge in [0.1, 0.15) is 0 Å². The van der Waals surface area contributed by atoms with E-state index < -0.39 is 5.41 Å². The van der Waals surface area contributed by atoms with Gasteiger partial charge in [-0.3, -0.25) is 4.79 Å². The van der Waals surface area contributed by atoms with Crippen LogP contribution in [0.4, 0.5) is 0 Å². The topological polar surface area (TPSA) is 57.2 Å². The molecule has 2 heterocycles. The Hall–Kier alpha value is -2.21. The number of benzene rings is 1. The highest BCUT2D eigenvalue weighted by Gasteiger charge is 2.69. The summed E-state index contributed by atoms with van der Waals surface area (Å²) in [5.74, 6) is 2.12. The van der Waals surface area contributed by atoms with Crippen molar-refractivity contribution in [2.75, 3.05) is 34.9 Å². The molecule has 0 N–H and O–H groups in total. The van der Waals surface area contributed by atoms with Gasteiger partial charge in [0.25, 0.3) is 0 Å². The van der Waals surface area contributed by atoms with Gasteiger partial charge in [0.2, 0.25) is 11.5 Å². The van der Waals surface area contributed by atoms with E-state index in [4.69, 9.17) is 18.9 Å². The normalized spacial score (nSPS) is 34.3. The SMILES string of the molecule is COC1=C(OC)[C@H]2Oc3c(OC)ccc4c3[C@]23CCN(C)[C@@H](C4)[C@H]3C1=O. The smallest absolute Gasteiger partial charge is 0.206 e. The molecule has 1 saturated heterocycles. The molecule has 5 rings (SSSR count). The molecule has 1 fully saturated rings. The first-order chi connectivity index (χ1) is 12.6. The first-order valence-corrected chi connectivity index (χ1v) is 9.02. The van der Waals surface area contributed by atoms with Crippen molar-refractivity contribution in [1.82, 2.24) is 4.90 Å². The van der Waals surface area contributed by atoms with Crippen molar-refractivity contribution >= 4 is 5.78 Å². The van der Waals surface area contributed by atoms with Crippen molar-refractivity contribution in [2.45, 2.75) is 30.4 Å². The molecule has 2 aliphatic carbocycles. The van der Waals surface area contributed by atoms with E-state index in [0.29, 0.717) is 17.3 Å². The maximum atomic E-state index is 13.5. The number of nitrogens with zero attached hydrogens (tertiary/aromatic N) is 1. The minimum absolute atomic E-state index is 0.0297. The number of Topliss-reactive ketones (excluding diaryl/α,β-unsaturated/α-hetero) is 1. The lowest BCUT2D eigenvalue weighted by Gasteiger charge is -2.56. The second-order valence-electron chi connectivity index (χ2n) is 7.61. The summed E-state index contributed by atoms with van der Waals surface area (Å²) in [6, 6.07) is 4.23. The molecule has 2 aliphatic heterocycles. The first-order valence-electron chi connectivity index (χ1n) is 9.02. The van der Waals surface area contributed by atoms with E-state index in [-0.39, 0.29) is 23.8 Å². The van der Waals surface area contributed by atoms with Crippen LogP contribution in [0.5, 0.6) is 11.5 Å². The summed E-state index contributed by atoms with van der Waals surface area (Å²) >= 11 is 0. The number of carbonyl (C=O) groups excluding carboxylic acids is 1. The van der Waals surface area contributed by atoms with E-state index in [1.165, 1.54) is 12.7 Å². The fourth-order valence-electron chi connectivity index (χ4n) is 5.75. The third-order valence-electron chi connectivity index (χ3n) is 6.80. The molecular weight excluding hydrogens is 334 g/mol.